The quantitative estimate of drug-likeness (QED) is 0.686. The topological polar surface area (TPSA) is 0 Å². The van der Waals surface area contributed by atoms with Crippen molar-refractivity contribution in [2.45, 2.75) is 3.63 Å². The Balaban J connectivity index is 0. The fourth-order valence-corrected chi connectivity index (χ4v) is 2.13. The van der Waals surface area contributed by atoms with Gasteiger partial charge in [0.05, 0.1) is 0 Å². The Labute approximate surface area is 112 Å². The molecule has 0 nitrogen and oxygen atoms in total. The molecule has 1 aliphatic rings. The Morgan fingerprint density at radius 2 is 1.62 bits per heavy atom. The van der Waals surface area contributed by atoms with Crippen molar-refractivity contribution >= 4 is 43.3 Å². The van der Waals surface area contributed by atoms with Crippen LogP contribution >= 0.6 is 37.2 Å². The summed E-state index contributed by atoms with van der Waals surface area (Å²) in [6.45, 7) is 0. The molecule has 2 rings (SSSR count). The number of benzene rings is 1. The van der Waals surface area contributed by atoms with E-state index >= 15 is 0 Å². The summed E-state index contributed by atoms with van der Waals surface area (Å²) in [7, 11) is 0. The Morgan fingerprint density at radius 1 is 1.00 bits per heavy atom. The number of allylic oxidation sites excluding steroid dienone is 1. The first-order valence-electron chi connectivity index (χ1n) is 3.36. The third-order valence-corrected chi connectivity index (χ3v) is 3.04. The van der Waals surface area contributed by atoms with E-state index in [1.807, 2.05) is 0 Å². The van der Waals surface area contributed by atoms with Gasteiger partial charge in [-0.25, -0.2) is 0 Å². The molecule has 0 aliphatic heterocycles. The molecule has 13 heavy (non-hydrogen) atoms. The Hall–Kier alpha value is 0.713. The van der Waals surface area contributed by atoms with Gasteiger partial charge in [0.25, 0.3) is 0 Å². The second-order valence-corrected chi connectivity index (χ2v) is 3.99. The summed E-state index contributed by atoms with van der Waals surface area (Å²) in [6.07, 6.45) is 4.50. The summed E-state index contributed by atoms with van der Waals surface area (Å²) >= 11 is 1.59. The third-order valence-electron chi connectivity index (χ3n) is 1.80. The molecule has 1 aliphatic carbocycles. The van der Waals surface area contributed by atoms with E-state index in [0.717, 1.165) is 0 Å². The second-order valence-electron chi connectivity index (χ2n) is 2.47. The average molecular weight is 316 g/mol. The van der Waals surface area contributed by atoms with Crippen LogP contribution < -0.4 is 0 Å². The van der Waals surface area contributed by atoms with E-state index in [4.69, 9.17) is 0 Å². The van der Waals surface area contributed by atoms with Gasteiger partial charge in [-0.05, 0) is 0 Å². The van der Waals surface area contributed by atoms with Crippen LogP contribution in [0.25, 0.3) is 6.08 Å². The fourth-order valence-electron chi connectivity index (χ4n) is 1.25. The van der Waals surface area contributed by atoms with Gasteiger partial charge < -0.3 is 0 Å². The van der Waals surface area contributed by atoms with Crippen molar-refractivity contribution in [3.05, 3.63) is 41.5 Å². The molecule has 1 aromatic rings. The van der Waals surface area contributed by atoms with Gasteiger partial charge in [-0.15, -0.1) is 37.2 Å². The molecular formula is C9H10Cl3Zr. The number of fused-ring (bicyclic) bond motifs is 1. The van der Waals surface area contributed by atoms with Gasteiger partial charge in [0.15, 0.2) is 0 Å². The van der Waals surface area contributed by atoms with Crippen LogP contribution in [0.3, 0.4) is 0 Å². The summed E-state index contributed by atoms with van der Waals surface area (Å²) in [5, 5.41) is 0. The molecule has 0 fully saturated rings. The first kappa shape index (κ1) is 16.2. The summed E-state index contributed by atoms with van der Waals surface area (Å²) in [4.78, 5) is 0. The summed E-state index contributed by atoms with van der Waals surface area (Å²) in [6, 6.07) is 8.60. The van der Waals surface area contributed by atoms with Crippen molar-refractivity contribution < 1.29 is 24.7 Å². The Kier molecular flexibility index (Phi) is 8.78. The number of halogens is 3. The molecule has 4 heteroatoms. The molecule has 0 heterocycles. The number of hydrogen-bond donors (Lipinski definition) is 0. The second kappa shape index (κ2) is 7.06. The molecular weight excluding hydrogens is 306 g/mol. The van der Waals surface area contributed by atoms with E-state index in [0.29, 0.717) is 3.63 Å². The van der Waals surface area contributed by atoms with Crippen LogP contribution in [0.4, 0.5) is 0 Å². The minimum atomic E-state index is 0. The van der Waals surface area contributed by atoms with Gasteiger partial charge in [-0.1, -0.05) is 0 Å². The molecule has 0 N–H and O–H groups in total. The van der Waals surface area contributed by atoms with Crippen molar-refractivity contribution in [1.29, 1.82) is 0 Å². The van der Waals surface area contributed by atoms with Gasteiger partial charge in [0.1, 0.15) is 0 Å². The van der Waals surface area contributed by atoms with E-state index in [1.54, 1.807) is 24.7 Å². The van der Waals surface area contributed by atoms with E-state index in [1.165, 1.54) is 11.1 Å². The zero-order chi connectivity index (χ0) is 6.97. The van der Waals surface area contributed by atoms with E-state index in [9.17, 15) is 0 Å². The van der Waals surface area contributed by atoms with E-state index < -0.39 is 0 Å². The molecule has 0 aromatic heterocycles. The fraction of sp³-hybridized carbons (Fsp3) is 0.111. The van der Waals surface area contributed by atoms with Gasteiger partial charge in [-0.3, -0.25) is 0 Å². The zero-order valence-electron chi connectivity index (χ0n) is 6.77. The van der Waals surface area contributed by atoms with Crippen LogP contribution in [-0.2, 0) is 24.7 Å². The number of hydrogen-bond acceptors (Lipinski definition) is 0. The summed E-state index contributed by atoms with van der Waals surface area (Å²) in [5.41, 5.74) is 2.91. The van der Waals surface area contributed by atoms with Gasteiger partial charge >= 0.3 is 75.9 Å². The van der Waals surface area contributed by atoms with E-state index in [2.05, 4.69) is 36.4 Å². The Bertz CT molecular complexity index is 286. The molecule has 0 amide bonds. The molecule has 0 bridgehead atoms. The maximum atomic E-state index is 2.28. The minimum absolute atomic E-state index is 0. The van der Waals surface area contributed by atoms with Gasteiger partial charge in [0, 0.05) is 0 Å². The van der Waals surface area contributed by atoms with Crippen molar-refractivity contribution in [3.8, 4) is 0 Å². The first-order valence-corrected chi connectivity index (χ1v) is 4.78. The summed E-state index contributed by atoms with van der Waals surface area (Å²) in [5.74, 6) is 0. The van der Waals surface area contributed by atoms with Crippen LogP contribution in [0.2, 0.25) is 0 Å². The monoisotopic (exact) mass is 313 g/mol. The van der Waals surface area contributed by atoms with Crippen LogP contribution in [0.15, 0.2) is 30.3 Å². The number of rotatable bonds is 0. The molecule has 0 saturated heterocycles. The predicted octanol–water partition coefficient (Wildman–Crippen LogP) is 3.57. The van der Waals surface area contributed by atoms with Crippen molar-refractivity contribution in [1.82, 2.24) is 0 Å². The molecule has 1 aromatic carbocycles. The van der Waals surface area contributed by atoms with Crippen LogP contribution in [0.5, 0.6) is 0 Å². The molecule has 71 valence electrons. The molecule has 0 radical (unpaired) electrons. The Morgan fingerprint density at radius 3 is 2.23 bits per heavy atom. The normalized spacial score (nSPS) is 16.1. The molecule has 1 unspecified atom stereocenters. The first-order chi connectivity index (χ1) is 4.88. The summed E-state index contributed by atoms with van der Waals surface area (Å²) < 4.78 is 0.711. The molecule has 0 spiro atoms. The molecule has 1 atom stereocenters. The van der Waals surface area contributed by atoms with Crippen molar-refractivity contribution in [3.63, 3.8) is 0 Å². The zero-order valence-corrected chi connectivity index (χ0v) is 11.7. The van der Waals surface area contributed by atoms with Crippen LogP contribution in [0, 0.1) is 0 Å². The van der Waals surface area contributed by atoms with E-state index in [-0.39, 0.29) is 37.2 Å². The third kappa shape index (κ3) is 3.40. The predicted molar refractivity (Wildman–Crippen MR) is 60.0 cm³/mol. The van der Waals surface area contributed by atoms with Crippen LogP contribution in [0.1, 0.15) is 14.8 Å². The SMILES string of the molecule is Cl.Cl.Cl.[Zr][CH]1C=Cc2ccccc21. The molecule has 0 saturated carbocycles. The van der Waals surface area contributed by atoms with Crippen LogP contribution in [-0.4, -0.2) is 0 Å². The van der Waals surface area contributed by atoms with Crippen molar-refractivity contribution in [2.75, 3.05) is 0 Å². The maximum absolute atomic E-state index is 2.28. The van der Waals surface area contributed by atoms with Gasteiger partial charge in [-0.2, -0.15) is 0 Å². The van der Waals surface area contributed by atoms with Crippen molar-refractivity contribution in [2.24, 2.45) is 0 Å². The van der Waals surface area contributed by atoms with Gasteiger partial charge in [0.2, 0.25) is 0 Å². The standard InChI is InChI=1S/C9H7.3ClH.Zr/c1-2-5-9-7-3-6-8(9)4-1;;;;/h1-7H;3*1H;. The average Bonchev–Trinajstić information content (AvgIpc) is 2.34.